The fourth-order valence-electron chi connectivity index (χ4n) is 2.59. The van der Waals surface area contributed by atoms with Gasteiger partial charge in [-0.15, -0.1) is 18.2 Å². The number of allylic oxidation sites excluding steroid dienone is 3. The molecule has 1 amide bonds. The Labute approximate surface area is 212 Å². The summed E-state index contributed by atoms with van der Waals surface area (Å²) in [4.78, 5) is 16.7. The quantitative estimate of drug-likeness (QED) is 0.111. The molecule has 0 bridgehead atoms. The van der Waals surface area contributed by atoms with Crippen LogP contribution < -0.4 is 10.1 Å². The number of ether oxygens (including phenoxy) is 1. The molecule has 0 spiro atoms. The van der Waals surface area contributed by atoms with Crippen molar-refractivity contribution in [2.24, 2.45) is 0 Å². The van der Waals surface area contributed by atoms with Crippen LogP contribution in [0.15, 0.2) is 78.6 Å². The Morgan fingerprint density at radius 3 is 2.64 bits per heavy atom. The Balaban J connectivity index is 0.00000125. The largest absolute Gasteiger partial charge is 0.443 e. The van der Waals surface area contributed by atoms with Crippen LogP contribution in [0.1, 0.15) is 25.3 Å². The smallest absolute Gasteiger partial charge is 0.224 e. The second-order valence-corrected chi connectivity index (χ2v) is 8.77. The molecule has 0 radical (unpaired) electrons. The molecule has 0 aliphatic rings. The van der Waals surface area contributed by atoms with E-state index in [2.05, 4.69) is 23.5 Å². The highest BCUT2D eigenvalue weighted by Gasteiger charge is 2.08. The van der Waals surface area contributed by atoms with Crippen LogP contribution in [0, 0.1) is 0 Å². The number of nitrogens with one attached hydrogen (secondary N) is 1. The van der Waals surface area contributed by atoms with Crippen molar-refractivity contribution < 1.29 is 9.53 Å². The van der Waals surface area contributed by atoms with E-state index in [-0.39, 0.29) is 5.91 Å². The molecular formula is C26H32Cl2N2O2S. The number of thioether (sulfide) groups is 1. The minimum absolute atomic E-state index is 0.0155. The predicted molar refractivity (Wildman–Crippen MR) is 144 cm³/mol. The average Bonchev–Trinajstić information content (AvgIpc) is 2.79. The zero-order chi connectivity index (χ0) is 24.5. The topological polar surface area (TPSA) is 51.2 Å². The van der Waals surface area contributed by atoms with Crippen LogP contribution in [0.5, 0.6) is 5.88 Å². The van der Waals surface area contributed by atoms with Gasteiger partial charge in [-0.05, 0) is 36.4 Å². The molecule has 4 nitrogen and oxygen atoms in total. The highest BCUT2D eigenvalue weighted by Crippen LogP contribution is 2.23. The monoisotopic (exact) mass is 506 g/mol. The lowest BCUT2D eigenvalue weighted by atomic mass is 10.1. The third-order valence-electron chi connectivity index (χ3n) is 4.03. The molecule has 1 N–H and O–H groups in total. The van der Waals surface area contributed by atoms with E-state index in [0.717, 1.165) is 34.9 Å². The van der Waals surface area contributed by atoms with Crippen molar-refractivity contribution in [1.29, 1.82) is 0 Å². The Bertz CT molecular complexity index is 930. The molecule has 1 aromatic carbocycles. The number of rotatable bonds is 12. The van der Waals surface area contributed by atoms with Crippen molar-refractivity contribution in [2.45, 2.75) is 26.2 Å². The van der Waals surface area contributed by atoms with E-state index < -0.39 is 0 Å². The minimum Gasteiger partial charge on any atom is -0.443 e. The number of nitrogens with zero attached hydrogens (tertiary/aromatic N) is 1. The lowest BCUT2D eigenvalue weighted by Crippen LogP contribution is -2.27. The number of carbonyl (C=O) groups excluding carboxylic acids is 1. The molecular weight excluding hydrogens is 475 g/mol. The maximum Gasteiger partial charge on any atom is 0.224 e. The SMILES string of the molecule is C=CC/C(=C\C(=C)Cl)Oc1cccc(-c2cccc(CC(=O)NCCSC)c2)n1.CCCCl. The highest BCUT2D eigenvalue weighted by molar-refractivity contribution is 7.98. The predicted octanol–water partition coefficient (Wildman–Crippen LogP) is 7.00. The molecule has 178 valence electrons. The first-order valence-electron chi connectivity index (χ1n) is 10.6. The molecule has 0 atom stereocenters. The van der Waals surface area contributed by atoms with Crippen LogP contribution in [0.25, 0.3) is 11.3 Å². The number of amides is 1. The number of alkyl halides is 1. The number of hydrogen-bond donors (Lipinski definition) is 1. The summed E-state index contributed by atoms with van der Waals surface area (Å²) < 4.78 is 5.84. The van der Waals surface area contributed by atoms with Crippen molar-refractivity contribution >= 4 is 40.9 Å². The van der Waals surface area contributed by atoms with E-state index in [1.807, 2.05) is 49.6 Å². The molecule has 1 aromatic heterocycles. The number of hydrogen-bond acceptors (Lipinski definition) is 4. The molecule has 0 aliphatic carbocycles. The molecule has 0 unspecified atom stereocenters. The van der Waals surface area contributed by atoms with Crippen molar-refractivity contribution in [3.05, 3.63) is 84.1 Å². The van der Waals surface area contributed by atoms with Gasteiger partial charge in [-0.1, -0.05) is 55.4 Å². The number of carbonyl (C=O) groups is 1. The number of benzene rings is 1. The summed E-state index contributed by atoms with van der Waals surface area (Å²) in [6.07, 6.45) is 7.32. The zero-order valence-corrected chi connectivity index (χ0v) is 21.6. The van der Waals surface area contributed by atoms with E-state index in [0.29, 0.717) is 36.1 Å². The number of aromatic nitrogens is 1. The molecule has 7 heteroatoms. The summed E-state index contributed by atoms with van der Waals surface area (Å²) in [5.74, 6) is 2.78. The van der Waals surface area contributed by atoms with Crippen LogP contribution in [0.4, 0.5) is 0 Å². The van der Waals surface area contributed by atoms with E-state index >= 15 is 0 Å². The van der Waals surface area contributed by atoms with E-state index in [1.54, 1.807) is 30.0 Å². The molecule has 0 saturated heterocycles. The lowest BCUT2D eigenvalue weighted by molar-refractivity contribution is -0.120. The van der Waals surface area contributed by atoms with Crippen molar-refractivity contribution in [1.82, 2.24) is 10.3 Å². The fraction of sp³-hybridized carbons (Fsp3) is 0.308. The lowest BCUT2D eigenvalue weighted by Gasteiger charge is -2.10. The van der Waals surface area contributed by atoms with Crippen LogP contribution >= 0.6 is 35.0 Å². The summed E-state index contributed by atoms with van der Waals surface area (Å²) >= 11 is 12.8. The molecule has 0 fully saturated rings. The van der Waals surface area contributed by atoms with Crippen LogP contribution in [0.3, 0.4) is 0 Å². The van der Waals surface area contributed by atoms with Gasteiger partial charge in [0.15, 0.2) is 0 Å². The second-order valence-electron chi connectivity index (χ2n) is 6.92. The van der Waals surface area contributed by atoms with Gasteiger partial charge in [0, 0.05) is 41.3 Å². The fourth-order valence-corrected chi connectivity index (χ4v) is 3.02. The molecule has 2 aromatic rings. The zero-order valence-electron chi connectivity index (χ0n) is 19.3. The van der Waals surface area contributed by atoms with Gasteiger partial charge < -0.3 is 10.1 Å². The maximum atomic E-state index is 12.1. The third-order valence-corrected chi connectivity index (χ3v) is 5.13. The first kappa shape index (κ1) is 28.8. The van der Waals surface area contributed by atoms with E-state index in [9.17, 15) is 4.79 Å². The van der Waals surface area contributed by atoms with E-state index in [4.69, 9.17) is 27.9 Å². The molecule has 0 saturated carbocycles. The second kappa shape index (κ2) is 17.3. The van der Waals surface area contributed by atoms with Crippen LogP contribution in [-0.2, 0) is 11.2 Å². The highest BCUT2D eigenvalue weighted by atomic mass is 35.5. The molecule has 2 rings (SSSR count). The summed E-state index contributed by atoms with van der Waals surface area (Å²) in [6.45, 7) is 10.1. The van der Waals surface area contributed by atoms with Gasteiger partial charge in [-0.3, -0.25) is 4.79 Å². The maximum absolute atomic E-state index is 12.1. The van der Waals surface area contributed by atoms with E-state index in [1.165, 1.54) is 0 Å². The Morgan fingerprint density at radius 1 is 1.27 bits per heavy atom. The standard InChI is InChI=1S/C23H25ClN2O2S.C3H7Cl/c1-4-7-20(14-17(2)24)28-23-11-6-10-21(26-23)19-9-5-8-18(15-19)16-22(27)25-12-13-29-3;1-2-3-4/h4-6,8-11,14-15H,1-2,7,12-13,16H2,3H3,(H,25,27);2-3H2,1H3/b20-14+;. The van der Waals surface area contributed by atoms with Crippen LogP contribution in [-0.4, -0.2) is 35.3 Å². The average molecular weight is 508 g/mol. The van der Waals surface area contributed by atoms with Gasteiger partial charge in [0.1, 0.15) is 5.76 Å². The Kier molecular flexibility index (Phi) is 15.1. The van der Waals surface area contributed by atoms with Crippen molar-refractivity contribution in [3.63, 3.8) is 0 Å². The van der Waals surface area contributed by atoms with Crippen molar-refractivity contribution in [2.75, 3.05) is 24.4 Å². The third kappa shape index (κ3) is 12.6. The number of halogens is 2. The van der Waals surface area contributed by atoms with Gasteiger partial charge in [-0.25, -0.2) is 4.98 Å². The summed E-state index contributed by atoms with van der Waals surface area (Å²) in [5, 5.41) is 3.30. The first-order chi connectivity index (χ1) is 15.9. The van der Waals surface area contributed by atoms with Gasteiger partial charge in [-0.2, -0.15) is 11.8 Å². The molecule has 0 aliphatic heterocycles. The summed E-state index contributed by atoms with van der Waals surface area (Å²) in [5.41, 5.74) is 2.61. The van der Waals surface area contributed by atoms with Crippen LogP contribution in [0.2, 0.25) is 0 Å². The first-order valence-corrected chi connectivity index (χ1v) is 13.0. The molecule has 33 heavy (non-hydrogen) atoms. The minimum atomic E-state index is 0.0155. The normalized spacial score (nSPS) is 10.6. The van der Waals surface area contributed by atoms with Gasteiger partial charge >= 0.3 is 0 Å². The van der Waals surface area contributed by atoms with Gasteiger partial charge in [0.2, 0.25) is 11.8 Å². The Morgan fingerprint density at radius 2 is 2.00 bits per heavy atom. The summed E-state index contributed by atoms with van der Waals surface area (Å²) in [6, 6.07) is 13.4. The molecule has 1 heterocycles. The summed E-state index contributed by atoms with van der Waals surface area (Å²) in [7, 11) is 0. The Hall–Kier alpha value is -2.21. The van der Waals surface area contributed by atoms with Gasteiger partial charge in [0.25, 0.3) is 0 Å². The van der Waals surface area contributed by atoms with Crippen molar-refractivity contribution in [3.8, 4) is 17.1 Å². The van der Waals surface area contributed by atoms with Gasteiger partial charge in [0.05, 0.1) is 12.1 Å². The number of pyridine rings is 1.